The van der Waals surface area contributed by atoms with E-state index in [-0.39, 0.29) is 0 Å². The monoisotopic (exact) mass is 749 g/mol. The third kappa shape index (κ3) is 12.5. The molecule has 0 aliphatic carbocycles. The fraction of sp³-hybridized carbons (Fsp3) is 0.556. The van der Waals surface area contributed by atoms with Gasteiger partial charge in [-0.15, -0.1) is 11.6 Å². The highest BCUT2D eigenvalue weighted by Crippen LogP contribution is 2.46. The maximum atomic E-state index is 13.5. The van der Waals surface area contributed by atoms with E-state index in [1.807, 2.05) is 0 Å². The SMILES string of the molecule is COC(=O)[C@]1(Sc2ccccc2)C[C@H](OC(C)=O)[C@@H](NC(=O)OCC(Cl)(Cl)Cl)[C@H]([C@H](OC(C)=O)[C@@H](COC(=O)CCl)OC(C)=O)O1. The minimum absolute atomic E-state index is 0.434. The molecule has 0 aromatic heterocycles. The summed E-state index contributed by atoms with van der Waals surface area (Å²) in [6, 6.07) is 6.91. The van der Waals surface area contributed by atoms with E-state index >= 15 is 0 Å². The van der Waals surface area contributed by atoms with Crippen molar-refractivity contribution in [3.8, 4) is 0 Å². The molecule has 0 bridgehead atoms. The van der Waals surface area contributed by atoms with Gasteiger partial charge in [-0.25, -0.2) is 9.59 Å². The number of ether oxygens (including phenoxy) is 7. The number of nitrogens with one attached hydrogen (secondary N) is 1. The predicted octanol–water partition coefficient (Wildman–Crippen LogP) is 3.48. The van der Waals surface area contributed by atoms with Crippen molar-refractivity contribution in [1.29, 1.82) is 0 Å². The van der Waals surface area contributed by atoms with E-state index in [0.29, 0.717) is 4.90 Å². The number of benzene rings is 1. The first-order valence-electron chi connectivity index (χ1n) is 13.2. The van der Waals surface area contributed by atoms with Gasteiger partial charge >= 0.3 is 35.9 Å². The number of methoxy groups -OCH3 is 1. The summed E-state index contributed by atoms with van der Waals surface area (Å²) < 4.78 is 36.0. The molecule has 0 unspecified atom stereocenters. The molecule has 1 aliphatic rings. The van der Waals surface area contributed by atoms with Gasteiger partial charge in [0.15, 0.2) is 12.2 Å². The van der Waals surface area contributed by atoms with Crippen LogP contribution in [0.5, 0.6) is 0 Å². The minimum Gasteiger partial charge on any atom is -0.466 e. The van der Waals surface area contributed by atoms with Crippen LogP contribution in [0.15, 0.2) is 35.2 Å². The van der Waals surface area contributed by atoms with Gasteiger partial charge in [-0.3, -0.25) is 19.2 Å². The van der Waals surface area contributed by atoms with Gasteiger partial charge < -0.3 is 38.5 Å². The smallest absolute Gasteiger partial charge is 0.407 e. The van der Waals surface area contributed by atoms with Crippen LogP contribution in [-0.4, -0.2) is 101 Å². The normalized spacial score (nSPS) is 22.3. The second-order valence-corrected chi connectivity index (χ2v) is 13.6. The second-order valence-electron chi connectivity index (χ2n) is 9.49. The highest BCUT2D eigenvalue weighted by Gasteiger charge is 2.59. The first-order valence-corrected chi connectivity index (χ1v) is 15.7. The number of alkyl halides is 4. The van der Waals surface area contributed by atoms with Crippen LogP contribution in [0.1, 0.15) is 27.2 Å². The molecule has 46 heavy (non-hydrogen) atoms. The summed E-state index contributed by atoms with van der Waals surface area (Å²) in [5.74, 6) is -5.14. The minimum atomic E-state index is -2.04. The third-order valence-corrected chi connectivity index (χ3v) is 7.68. The maximum absolute atomic E-state index is 13.5. The largest absolute Gasteiger partial charge is 0.466 e. The molecule has 19 heteroatoms. The lowest BCUT2D eigenvalue weighted by atomic mass is 9.89. The topological polar surface area (TPSA) is 179 Å². The van der Waals surface area contributed by atoms with Crippen LogP contribution in [0.4, 0.5) is 4.79 Å². The number of carbonyl (C=O) groups is 6. The fourth-order valence-electron chi connectivity index (χ4n) is 4.29. The second kappa shape index (κ2) is 18.0. The molecule has 1 saturated heterocycles. The Kier molecular flexibility index (Phi) is 15.5. The van der Waals surface area contributed by atoms with Crippen molar-refractivity contribution >= 4 is 94.1 Å². The van der Waals surface area contributed by atoms with E-state index < -0.39 is 101 Å². The zero-order valence-electron chi connectivity index (χ0n) is 24.8. The molecule has 1 aliphatic heterocycles. The van der Waals surface area contributed by atoms with Crippen molar-refractivity contribution in [2.24, 2.45) is 0 Å². The first-order chi connectivity index (χ1) is 21.5. The predicted molar refractivity (Wildman–Crippen MR) is 163 cm³/mol. The zero-order chi connectivity index (χ0) is 34.7. The van der Waals surface area contributed by atoms with Gasteiger partial charge in [0.1, 0.15) is 31.3 Å². The van der Waals surface area contributed by atoms with Crippen molar-refractivity contribution in [2.45, 2.75) is 71.3 Å². The fourth-order valence-corrected chi connectivity index (χ4v) is 5.77. The van der Waals surface area contributed by atoms with Crippen molar-refractivity contribution in [3.63, 3.8) is 0 Å². The van der Waals surface area contributed by atoms with Crippen LogP contribution in [-0.2, 0) is 57.1 Å². The quantitative estimate of drug-likeness (QED) is 0.176. The van der Waals surface area contributed by atoms with E-state index in [2.05, 4.69) is 5.32 Å². The molecular formula is C27H31Cl4NO13S. The van der Waals surface area contributed by atoms with Crippen LogP contribution >= 0.6 is 58.2 Å². The average Bonchev–Trinajstić information content (AvgIpc) is 2.97. The number of halogens is 4. The Hall–Kier alpha value is -2.69. The summed E-state index contributed by atoms with van der Waals surface area (Å²) in [6.45, 7) is 1.68. The molecule has 256 valence electrons. The molecule has 0 spiro atoms. The molecule has 1 aromatic rings. The van der Waals surface area contributed by atoms with E-state index in [1.165, 1.54) is 0 Å². The Balaban J connectivity index is 2.78. The summed E-state index contributed by atoms with van der Waals surface area (Å²) in [6.07, 6.45) is -8.14. The molecule has 1 aromatic carbocycles. The van der Waals surface area contributed by atoms with Gasteiger partial charge in [-0.05, 0) is 12.1 Å². The number of rotatable bonds is 13. The van der Waals surface area contributed by atoms with Gasteiger partial charge in [-0.1, -0.05) is 64.8 Å². The number of amides is 1. The van der Waals surface area contributed by atoms with E-state index in [9.17, 15) is 28.8 Å². The Bertz CT molecular complexity index is 1250. The lowest BCUT2D eigenvalue weighted by Crippen LogP contribution is -2.68. The Morgan fingerprint density at radius 1 is 1.00 bits per heavy atom. The zero-order valence-corrected chi connectivity index (χ0v) is 28.7. The van der Waals surface area contributed by atoms with Gasteiger partial charge in [0.25, 0.3) is 0 Å². The van der Waals surface area contributed by atoms with Gasteiger partial charge in [0.2, 0.25) is 8.73 Å². The maximum Gasteiger partial charge on any atom is 0.407 e. The van der Waals surface area contributed by atoms with Crippen LogP contribution < -0.4 is 5.32 Å². The number of esters is 5. The lowest BCUT2D eigenvalue weighted by molar-refractivity contribution is -0.223. The summed E-state index contributed by atoms with van der Waals surface area (Å²) in [5, 5.41) is 2.43. The Morgan fingerprint density at radius 2 is 1.63 bits per heavy atom. The van der Waals surface area contributed by atoms with E-state index in [0.717, 1.165) is 39.6 Å². The third-order valence-electron chi connectivity index (χ3n) is 5.87. The van der Waals surface area contributed by atoms with Crippen molar-refractivity contribution in [1.82, 2.24) is 5.32 Å². The van der Waals surface area contributed by atoms with Crippen LogP contribution in [0.3, 0.4) is 0 Å². The summed E-state index contributed by atoms with van der Waals surface area (Å²) in [5.41, 5.74) is 0. The van der Waals surface area contributed by atoms with Crippen molar-refractivity contribution in [2.75, 3.05) is 26.2 Å². The van der Waals surface area contributed by atoms with Gasteiger partial charge in [0, 0.05) is 32.1 Å². The van der Waals surface area contributed by atoms with E-state index in [1.54, 1.807) is 30.3 Å². The van der Waals surface area contributed by atoms with E-state index in [4.69, 9.17) is 79.6 Å². The molecular weight excluding hydrogens is 720 g/mol. The number of thioether (sulfide) groups is 1. The van der Waals surface area contributed by atoms with Crippen molar-refractivity contribution < 1.29 is 61.9 Å². The van der Waals surface area contributed by atoms with Gasteiger partial charge in [-0.2, -0.15) is 0 Å². The molecule has 1 heterocycles. The molecule has 1 amide bonds. The standard InChI is InChI=1S/C27H31Cl4NO13S/c1-14(33)42-18-10-26(24(37)39-4,46-17-8-6-5-7-9-17)45-23(21(18)32-25(38)41-13-27(29,30)31)22(44-16(3)35)19(43-15(2)34)12-40-20(36)11-28/h5-9,18-19,21-23H,10-13H2,1-4H3,(H,32,38)/t18-,19+,21+,22+,23+,26+/m0/s1. The van der Waals surface area contributed by atoms with Crippen LogP contribution in [0, 0.1) is 0 Å². The number of carbonyl (C=O) groups excluding carboxylic acids is 6. The first kappa shape index (κ1) is 39.5. The number of alkyl carbamates (subject to hydrolysis) is 1. The summed E-state index contributed by atoms with van der Waals surface area (Å²) in [4.78, 5) is 73.8. The molecule has 2 rings (SSSR count). The molecule has 1 fully saturated rings. The van der Waals surface area contributed by atoms with Crippen LogP contribution in [0.2, 0.25) is 0 Å². The molecule has 0 saturated carbocycles. The Morgan fingerprint density at radius 3 is 2.15 bits per heavy atom. The molecule has 0 radical (unpaired) electrons. The number of hydrogen-bond donors (Lipinski definition) is 1. The summed E-state index contributed by atoms with van der Waals surface area (Å²) >= 11 is 23.5. The average molecular weight is 751 g/mol. The Labute approximate surface area is 288 Å². The van der Waals surface area contributed by atoms with Crippen molar-refractivity contribution in [3.05, 3.63) is 30.3 Å². The molecule has 1 N–H and O–H groups in total. The molecule has 6 atom stereocenters. The highest BCUT2D eigenvalue weighted by molar-refractivity contribution is 8.01. The summed E-state index contributed by atoms with van der Waals surface area (Å²) in [7, 11) is 1.09. The molecule has 14 nitrogen and oxygen atoms in total. The van der Waals surface area contributed by atoms with Crippen LogP contribution in [0.25, 0.3) is 0 Å². The lowest BCUT2D eigenvalue weighted by Gasteiger charge is -2.48. The number of hydrogen-bond acceptors (Lipinski definition) is 14. The van der Waals surface area contributed by atoms with Gasteiger partial charge in [0.05, 0.1) is 13.2 Å². The highest BCUT2D eigenvalue weighted by atomic mass is 35.6.